The molecule has 4 aromatic rings. The van der Waals surface area contributed by atoms with E-state index in [4.69, 9.17) is 0 Å². The van der Waals surface area contributed by atoms with Gasteiger partial charge < -0.3 is 5.32 Å². The van der Waals surface area contributed by atoms with E-state index in [9.17, 15) is 8.78 Å². The van der Waals surface area contributed by atoms with E-state index in [0.29, 0.717) is 16.7 Å². The molecule has 1 aliphatic heterocycles. The summed E-state index contributed by atoms with van der Waals surface area (Å²) in [5, 5.41) is 27.1. The van der Waals surface area contributed by atoms with Crippen molar-refractivity contribution < 1.29 is 8.78 Å². The molecule has 1 fully saturated rings. The van der Waals surface area contributed by atoms with Gasteiger partial charge >= 0.3 is 0 Å². The molecule has 5 rings (SSSR count). The summed E-state index contributed by atoms with van der Waals surface area (Å²) in [6.07, 6.45) is 4.65. The van der Waals surface area contributed by atoms with Crippen molar-refractivity contribution in [1.82, 2.24) is 40.7 Å². The Hall–Kier alpha value is -2.98. The molecule has 0 amide bonds. The molecule has 1 aromatic carbocycles. The maximum absolute atomic E-state index is 14.9. The van der Waals surface area contributed by atoms with Crippen molar-refractivity contribution in [3.63, 3.8) is 0 Å². The quantitative estimate of drug-likeness (QED) is 0.455. The highest BCUT2D eigenvalue weighted by atomic mass is 35.5. The van der Waals surface area contributed by atoms with Crippen LogP contribution < -0.4 is 5.32 Å². The Morgan fingerprint density at radius 2 is 1.61 bits per heavy atom. The van der Waals surface area contributed by atoms with Gasteiger partial charge in [0.25, 0.3) is 0 Å². The van der Waals surface area contributed by atoms with Crippen LogP contribution in [0, 0.1) is 11.6 Å². The van der Waals surface area contributed by atoms with E-state index in [-0.39, 0.29) is 46.3 Å². The summed E-state index contributed by atoms with van der Waals surface area (Å²) < 4.78 is 31.4. The molecule has 0 bridgehead atoms. The average Bonchev–Trinajstić information content (AvgIpc) is 3.36. The first kappa shape index (κ1) is 23.2. The Morgan fingerprint density at radius 1 is 0.939 bits per heavy atom. The third-order valence-electron chi connectivity index (χ3n) is 5.88. The molecule has 0 radical (unpaired) electrons. The predicted octanol–water partition coefficient (Wildman–Crippen LogP) is 4.46. The summed E-state index contributed by atoms with van der Waals surface area (Å²) in [6.45, 7) is 8.64. The summed E-state index contributed by atoms with van der Waals surface area (Å²) >= 11 is 0. The van der Waals surface area contributed by atoms with Crippen LogP contribution in [0.25, 0.3) is 33.5 Å². The van der Waals surface area contributed by atoms with Crippen LogP contribution in [-0.4, -0.2) is 46.5 Å². The second-order valence-corrected chi connectivity index (χ2v) is 9.73. The first-order chi connectivity index (χ1) is 15.1. The van der Waals surface area contributed by atoms with Crippen LogP contribution in [0.3, 0.4) is 0 Å². The zero-order chi connectivity index (χ0) is 22.7. The number of fused-ring (bicyclic) bond motifs is 1. The summed E-state index contributed by atoms with van der Waals surface area (Å²) in [7, 11) is 0. The molecule has 8 nitrogen and oxygen atoms in total. The minimum absolute atomic E-state index is 0. The molecular formula is C22H25ClF2N8. The molecule has 0 unspecified atom stereocenters. The van der Waals surface area contributed by atoms with E-state index in [0.717, 1.165) is 25.0 Å². The highest BCUT2D eigenvalue weighted by Crippen LogP contribution is 2.37. The Labute approximate surface area is 195 Å². The van der Waals surface area contributed by atoms with Gasteiger partial charge in [-0.3, -0.25) is 5.10 Å². The van der Waals surface area contributed by atoms with Gasteiger partial charge in [0.15, 0.2) is 0 Å². The van der Waals surface area contributed by atoms with Crippen LogP contribution in [0.2, 0.25) is 0 Å². The fraction of sp³-hybridized carbons (Fsp3) is 0.409. The van der Waals surface area contributed by atoms with Crippen LogP contribution in [0.4, 0.5) is 8.78 Å². The molecule has 11 heteroatoms. The molecule has 0 atom stereocenters. The van der Waals surface area contributed by atoms with Crippen LogP contribution >= 0.6 is 12.4 Å². The first-order valence-electron chi connectivity index (χ1n) is 10.5. The molecule has 3 aromatic heterocycles. The zero-order valence-electron chi connectivity index (χ0n) is 18.7. The van der Waals surface area contributed by atoms with Gasteiger partial charge in [-0.15, -0.1) is 27.7 Å². The number of aromatic amines is 1. The summed E-state index contributed by atoms with van der Waals surface area (Å²) in [4.78, 5) is 0. The number of hydrogen-bond acceptors (Lipinski definition) is 6. The van der Waals surface area contributed by atoms with E-state index < -0.39 is 11.6 Å². The smallest absolute Gasteiger partial charge is 0.201 e. The maximum atomic E-state index is 14.9. The Balaban J connectivity index is 0.00000259. The summed E-state index contributed by atoms with van der Waals surface area (Å²) in [5.74, 6) is -1.18. The van der Waals surface area contributed by atoms with Crippen molar-refractivity contribution in [2.75, 3.05) is 0 Å². The van der Waals surface area contributed by atoms with Crippen LogP contribution in [0.1, 0.15) is 46.6 Å². The van der Waals surface area contributed by atoms with Gasteiger partial charge in [0.1, 0.15) is 17.2 Å². The summed E-state index contributed by atoms with van der Waals surface area (Å²) in [6, 6.07) is 3.95. The lowest BCUT2D eigenvalue weighted by Gasteiger charge is -2.46. The highest BCUT2D eigenvalue weighted by molar-refractivity contribution is 5.85. The van der Waals surface area contributed by atoms with Gasteiger partial charge in [-0.25, -0.2) is 13.5 Å². The predicted molar refractivity (Wildman–Crippen MR) is 123 cm³/mol. The molecule has 0 spiro atoms. The lowest BCUT2D eigenvalue weighted by atomic mass is 9.80. The Morgan fingerprint density at radius 3 is 2.27 bits per heavy atom. The molecule has 0 aliphatic carbocycles. The number of H-pyrrole nitrogens is 1. The van der Waals surface area contributed by atoms with Crippen LogP contribution in [-0.2, 0) is 0 Å². The fourth-order valence-corrected chi connectivity index (χ4v) is 4.93. The van der Waals surface area contributed by atoms with Crippen molar-refractivity contribution >= 4 is 23.6 Å². The zero-order valence-corrected chi connectivity index (χ0v) is 19.5. The van der Waals surface area contributed by atoms with Crippen molar-refractivity contribution in [2.24, 2.45) is 0 Å². The average molecular weight is 475 g/mol. The second-order valence-electron chi connectivity index (χ2n) is 9.73. The minimum atomic E-state index is -0.606. The van der Waals surface area contributed by atoms with E-state index in [1.54, 1.807) is 10.7 Å². The molecular weight excluding hydrogens is 450 g/mol. The Kier molecular flexibility index (Phi) is 5.69. The van der Waals surface area contributed by atoms with Gasteiger partial charge in [0, 0.05) is 34.0 Å². The number of nitrogens with one attached hydrogen (secondary N) is 2. The first-order valence-corrected chi connectivity index (χ1v) is 10.5. The molecule has 4 heterocycles. The number of aromatic nitrogens is 7. The lowest BCUT2D eigenvalue weighted by molar-refractivity contribution is 0.127. The third-order valence-corrected chi connectivity index (χ3v) is 5.88. The van der Waals surface area contributed by atoms with Crippen molar-refractivity contribution in [2.45, 2.75) is 57.7 Å². The second kappa shape index (κ2) is 8.11. The lowest BCUT2D eigenvalue weighted by Crippen LogP contribution is -2.58. The van der Waals surface area contributed by atoms with Crippen LogP contribution in [0.15, 0.2) is 30.6 Å². The van der Waals surface area contributed by atoms with Crippen LogP contribution in [0.5, 0.6) is 0 Å². The number of nitrogens with zero attached hydrogens (tertiary/aromatic N) is 6. The maximum Gasteiger partial charge on any atom is 0.201 e. The standard InChI is InChI=1S/C22H24F2N8.ClH/c1-21(2)8-13(9-22(3,4)30-21)32-20-19(28-31-32)7-18(27-29-20)15-6-16(23)14(5-17(15)24)12-10-25-26-11-12;/h5-7,10-11,13,30H,8-9H2,1-4H3,(H,25,26);1H. The third kappa shape index (κ3) is 4.32. The topological polar surface area (TPSA) is 97.2 Å². The normalized spacial score (nSPS) is 17.8. The van der Waals surface area contributed by atoms with Gasteiger partial charge in [-0.05, 0) is 58.7 Å². The Bertz CT molecular complexity index is 1280. The molecule has 1 saturated heterocycles. The van der Waals surface area contributed by atoms with Crippen molar-refractivity contribution in [3.05, 3.63) is 42.2 Å². The van der Waals surface area contributed by atoms with Gasteiger partial charge in [-0.1, -0.05) is 5.21 Å². The van der Waals surface area contributed by atoms with E-state index >= 15 is 0 Å². The number of rotatable bonds is 3. The van der Waals surface area contributed by atoms with Crippen molar-refractivity contribution in [1.29, 1.82) is 0 Å². The van der Waals surface area contributed by atoms with Crippen molar-refractivity contribution in [3.8, 4) is 22.4 Å². The van der Waals surface area contributed by atoms with Gasteiger partial charge in [0.2, 0.25) is 5.65 Å². The summed E-state index contributed by atoms with van der Waals surface area (Å²) in [5.41, 5.74) is 1.67. The minimum Gasteiger partial charge on any atom is -0.307 e. The molecule has 0 saturated carbocycles. The number of benzene rings is 1. The highest BCUT2D eigenvalue weighted by Gasteiger charge is 2.39. The molecule has 33 heavy (non-hydrogen) atoms. The van der Waals surface area contributed by atoms with E-state index in [1.807, 2.05) is 0 Å². The number of piperidine rings is 1. The van der Waals surface area contributed by atoms with E-state index in [1.165, 1.54) is 12.4 Å². The fourth-order valence-electron chi connectivity index (χ4n) is 4.93. The van der Waals surface area contributed by atoms with Gasteiger partial charge in [0.05, 0.1) is 17.9 Å². The number of hydrogen-bond donors (Lipinski definition) is 2. The monoisotopic (exact) mass is 474 g/mol. The molecule has 1 aliphatic rings. The largest absolute Gasteiger partial charge is 0.307 e. The van der Waals surface area contributed by atoms with Gasteiger partial charge in [-0.2, -0.15) is 5.10 Å². The molecule has 174 valence electrons. The van der Waals surface area contributed by atoms with E-state index in [2.05, 4.69) is 63.7 Å². The SMILES string of the molecule is CC1(C)CC(n2nnc3cc(-c4cc(F)c(-c5cn[nH]c5)cc4F)nnc32)CC(C)(C)N1.Cl. The molecule has 2 N–H and O–H groups in total. The number of halogens is 3.